The molecular formula is C10H8Cl2FN3S. The molecule has 0 aliphatic carbocycles. The van der Waals surface area contributed by atoms with Crippen LogP contribution in [0.4, 0.5) is 4.39 Å². The summed E-state index contributed by atoms with van der Waals surface area (Å²) in [6.07, 6.45) is 0.650. The number of rotatable bonds is 2. The first kappa shape index (κ1) is 12.5. The van der Waals surface area contributed by atoms with E-state index in [9.17, 15) is 4.39 Å². The molecule has 1 aromatic carbocycles. The van der Waals surface area contributed by atoms with Crippen molar-refractivity contribution in [2.45, 2.75) is 13.3 Å². The van der Waals surface area contributed by atoms with Gasteiger partial charge >= 0.3 is 0 Å². The lowest BCUT2D eigenvalue weighted by atomic mass is 10.3. The van der Waals surface area contributed by atoms with E-state index < -0.39 is 5.82 Å². The van der Waals surface area contributed by atoms with Crippen LogP contribution in [-0.4, -0.2) is 14.8 Å². The van der Waals surface area contributed by atoms with Gasteiger partial charge < -0.3 is 0 Å². The van der Waals surface area contributed by atoms with Crippen molar-refractivity contribution in [3.63, 3.8) is 0 Å². The maximum atomic E-state index is 13.1. The first-order chi connectivity index (χ1) is 8.04. The minimum Gasteiger partial charge on any atom is -0.269 e. The summed E-state index contributed by atoms with van der Waals surface area (Å²) in [4.78, 5) is 0. The van der Waals surface area contributed by atoms with Gasteiger partial charge in [-0.3, -0.25) is 9.67 Å². The molecule has 0 saturated carbocycles. The smallest absolute Gasteiger partial charge is 0.199 e. The molecule has 0 radical (unpaired) electrons. The van der Waals surface area contributed by atoms with Gasteiger partial charge in [0.25, 0.3) is 0 Å². The van der Waals surface area contributed by atoms with Gasteiger partial charge in [-0.05, 0) is 24.4 Å². The van der Waals surface area contributed by atoms with Crippen molar-refractivity contribution in [1.29, 1.82) is 0 Å². The zero-order valence-corrected chi connectivity index (χ0v) is 11.1. The summed E-state index contributed by atoms with van der Waals surface area (Å²) in [5.41, 5.74) is 0.449. The molecule has 1 aromatic heterocycles. The maximum absolute atomic E-state index is 13.1. The Kier molecular flexibility index (Phi) is 3.51. The second kappa shape index (κ2) is 4.76. The molecule has 0 aliphatic rings. The monoisotopic (exact) mass is 291 g/mol. The summed E-state index contributed by atoms with van der Waals surface area (Å²) in [7, 11) is 0. The van der Waals surface area contributed by atoms with E-state index in [2.05, 4.69) is 10.2 Å². The molecule has 1 heterocycles. The van der Waals surface area contributed by atoms with Gasteiger partial charge in [0.1, 0.15) is 11.6 Å². The topological polar surface area (TPSA) is 33.6 Å². The van der Waals surface area contributed by atoms with Gasteiger partial charge in [-0.15, -0.1) is 0 Å². The van der Waals surface area contributed by atoms with Crippen LogP contribution in [0.15, 0.2) is 12.1 Å². The van der Waals surface area contributed by atoms with Crippen LogP contribution in [0.2, 0.25) is 10.0 Å². The van der Waals surface area contributed by atoms with Crippen LogP contribution in [0.25, 0.3) is 5.69 Å². The van der Waals surface area contributed by atoms with E-state index in [4.69, 9.17) is 35.4 Å². The highest BCUT2D eigenvalue weighted by molar-refractivity contribution is 7.71. The van der Waals surface area contributed by atoms with E-state index in [0.717, 1.165) is 0 Å². The van der Waals surface area contributed by atoms with Crippen molar-refractivity contribution in [2.75, 3.05) is 0 Å². The quantitative estimate of drug-likeness (QED) is 0.851. The normalized spacial score (nSPS) is 10.8. The van der Waals surface area contributed by atoms with Crippen molar-refractivity contribution in [1.82, 2.24) is 14.8 Å². The standard InChI is InChI=1S/C10H8Cl2FN3S/c1-2-8-14-15-10(17)16(8)9-6(11)3-5(13)4-7(9)12/h3-4H,2H2,1H3,(H,15,17). The fourth-order valence-corrected chi connectivity index (χ4v) is 2.42. The lowest BCUT2D eigenvalue weighted by molar-refractivity contribution is 0.627. The largest absolute Gasteiger partial charge is 0.269 e. The summed E-state index contributed by atoms with van der Waals surface area (Å²) < 4.78 is 15.1. The highest BCUT2D eigenvalue weighted by Crippen LogP contribution is 2.30. The highest BCUT2D eigenvalue weighted by Gasteiger charge is 2.15. The summed E-state index contributed by atoms with van der Waals surface area (Å²) in [5.74, 6) is 0.196. The van der Waals surface area contributed by atoms with Gasteiger partial charge in [-0.2, -0.15) is 5.10 Å². The summed E-state index contributed by atoms with van der Waals surface area (Å²) >= 11 is 17.1. The molecule has 0 atom stereocenters. The number of aryl methyl sites for hydroxylation is 1. The van der Waals surface area contributed by atoms with Crippen LogP contribution in [0.5, 0.6) is 0 Å². The van der Waals surface area contributed by atoms with Gasteiger partial charge in [-0.1, -0.05) is 30.1 Å². The second-order valence-corrected chi connectivity index (χ2v) is 4.55. The molecule has 1 N–H and O–H groups in total. The van der Waals surface area contributed by atoms with Crippen molar-refractivity contribution in [3.8, 4) is 5.69 Å². The Balaban J connectivity index is 2.77. The summed E-state index contributed by atoms with van der Waals surface area (Å²) in [6.45, 7) is 1.92. The molecule has 7 heteroatoms. The van der Waals surface area contributed by atoms with Crippen LogP contribution in [0.3, 0.4) is 0 Å². The number of halogens is 3. The van der Waals surface area contributed by atoms with Crippen molar-refractivity contribution < 1.29 is 4.39 Å². The first-order valence-electron chi connectivity index (χ1n) is 4.85. The number of aromatic amines is 1. The molecule has 0 bridgehead atoms. The number of H-pyrrole nitrogens is 1. The van der Waals surface area contributed by atoms with Gasteiger partial charge in [0.15, 0.2) is 4.77 Å². The fourth-order valence-electron chi connectivity index (χ4n) is 1.55. The molecule has 0 saturated heterocycles. The molecule has 2 aromatic rings. The minimum atomic E-state index is -0.489. The molecule has 0 amide bonds. The van der Waals surface area contributed by atoms with Gasteiger partial charge in [0, 0.05) is 6.42 Å². The Morgan fingerprint density at radius 1 is 1.41 bits per heavy atom. The van der Waals surface area contributed by atoms with Crippen LogP contribution in [-0.2, 0) is 6.42 Å². The molecule has 17 heavy (non-hydrogen) atoms. The molecular weight excluding hydrogens is 284 g/mol. The number of aromatic nitrogens is 3. The Labute approximate surface area is 112 Å². The zero-order chi connectivity index (χ0) is 12.6. The number of hydrogen-bond donors (Lipinski definition) is 1. The number of nitrogens with one attached hydrogen (secondary N) is 1. The minimum absolute atomic E-state index is 0.196. The van der Waals surface area contributed by atoms with E-state index in [-0.39, 0.29) is 10.0 Å². The summed E-state index contributed by atoms with van der Waals surface area (Å²) in [5, 5.41) is 7.10. The highest BCUT2D eigenvalue weighted by atomic mass is 35.5. The molecule has 2 rings (SSSR count). The molecule has 0 fully saturated rings. The SMILES string of the molecule is CCc1n[nH]c(=S)n1-c1c(Cl)cc(F)cc1Cl. The van der Waals surface area contributed by atoms with Gasteiger partial charge in [0.05, 0.1) is 15.7 Å². The van der Waals surface area contributed by atoms with Crippen LogP contribution < -0.4 is 0 Å². The van der Waals surface area contributed by atoms with Gasteiger partial charge in [-0.25, -0.2) is 4.39 Å². The fraction of sp³-hybridized carbons (Fsp3) is 0.200. The molecule has 0 spiro atoms. The Bertz CT molecular complexity index is 597. The predicted molar refractivity (Wildman–Crippen MR) is 68.1 cm³/mol. The lowest BCUT2D eigenvalue weighted by Gasteiger charge is -2.10. The Hall–Kier alpha value is -0.910. The molecule has 3 nitrogen and oxygen atoms in total. The predicted octanol–water partition coefficient (Wildman–Crippen LogP) is 3.94. The van der Waals surface area contributed by atoms with Crippen LogP contribution in [0, 0.1) is 10.6 Å². The third-order valence-electron chi connectivity index (χ3n) is 2.26. The van der Waals surface area contributed by atoms with E-state index in [0.29, 0.717) is 22.7 Å². The van der Waals surface area contributed by atoms with Crippen LogP contribution in [0.1, 0.15) is 12.7 Å². The van der Waals surface area contributed by atoms with E-state index in [1.165, 1.54) is 12.1 Å². The van der Waals surface area contributed by atoms with E-state index >= 15 is 0 Å². The second-order valence-electron chi connectivity index (χ2n) is 3.35. The lowest BCUT2D eigenvalue weighted by Crippen LogP contribution is -2.02. The maximum Gasteiger partial charge on any atom is 0.199 e. The Morgan fingerprint density at radius 3 is 2.53 bits per heavy atom. The number of benzene rings is 1. The average Bonchev–Trinajstić information content (AvgIpc) is 2.59. The van der Waals surface area contributed by atoms with Crippen LogP contribution >= 0.6 is 35.4 Å². The third-order valence-corrected chi connectivity index (χ3v) is 3.11. The molecule has 0 aliphatic heterocycles. The first-order valence-corrected chi connectivity index (χ1v) is 6.02. The number of nitrogens with zero attached hydrogens (tertiary/aromatic N) is 2. The Morgan fingerprint density at radius 2 is 2.00 bits per heavy atom. The third kappa shape index (κ3) is 2.22. The van der Waals surface area contributed by atoms with Crippen molar-refractivity contribution in [3.05, 3.63) is 38.6 Å². The van der Waals surface area contributed by atoms with Crippen molar-refractivity contribution >= 4 is 35.4 Å². The number of hydrogen-bond acceptors (Lipinski definition) is 2. The average molecular weight is 292 g/mol. The van der Waals surface area contributed by atoms with E-state index in [1.807, 2.05) is 6.92 Å². The zero-order valence-electron chi connectivity index (χ0n) is 8.80. The summed E-state index contributed by atoms with van der Waals surface area (Å²) in [6, 6.07) is 2.38. The van der Waals surface area contributed by atoms with Crippen molar-refractivity contribution in [2.24, 2.45) is 0 Å². The molecule has 0 unspecified atom stereocenters. The molecule has 90 valence electrons. The van der Waals surface area contributed by atoms with E-state index in [1.54, 1.807) is 4.57 Å². The van der Waals surface area contributed by atoms with Gasteiger partial charge in [0.2, 0.25) is 0 Å².